The fraction of sp³-hybridized carbons (Fsp3) is 1.00. The molecule has 0 aromatic carbocycles. The Morgan fingerprint density at radius 1 is 1.36 bits per heavy atom. The molecule has 0 spiro atoms. The van der Waals surface area contributed by atoms with Crippen molar-refractivity contribution in [3.05, 3.63) is 0 Å². The van der Waals surface area contributed by atoms with Gasteiger partial charge < -0.3 is 4.74 Å². The van der Waals surface area contributed by atoms with E-state index in [2.05, 4.69) is 6.92 Å². The van der Waals surface area contributed by atoms with Crippen molar-refractivity contribution < 1.29 is 14.8 Å². The lowest BCUT2D eigenvalue weighted by Gasteiger charge is -2.22. The maximum Gasteiger partial charge on any atom is 0.102 e. The lowest BCUT2D eigenvalue weighted by atomic mass is 10.2. The molecule has 2 atom stereocenters. The van der Waals surface area contributed by atoms with Crippen LogP contribution in [-0.2, 0) is 14.8 Å². The van der Waals surface area contributed by atoms with Crippen molar-refractivity contribution >= 4 is 0 Å². The molecule has 1 saturated heterocycles. The predicted octanol–water partition coefficient (Wildman–Crippen LogP) is 1.93. The molecule has 0 aromatic heterocycles. The second kappa shape index (κ2) is 4.57. The number of nitrogens with zero attached hydrogens (tertiary/aromatic N) is 1. The molecule has 1 rings (SSSR count). The highest BCUT2D eigenvalue weighted by Crippen LogP contribution is 2.27. The first kappa shape index (κ1) is 11.9. The third kappa shape index (κ3) is 4.37. The van der Waals surface area contributed by atoms with Crippen LogP contribution in [0.1, 0.15) is 40.5 Å². The molecule has 0 bridgehead atoms. The minimum Gasteiger partial charge on any atom is -0.368 e. The molecule has 1 aliphatic heterocycles. The molecule has 0 saturated carbocycles. The summed E-state index contributed by atoms with van der Waals surface area (Å²) >= 11 is 0. The van der Waals surface area contributed by atoms with Gasteiger partial charge in [-0.1, -0.05) is 18.6 Å². The van der Waals surface area contributed by atoms with Gasteiger partial charge in [-0.25, -0.2) is 0 Å². The van der Waals surface area contributed by atoms with Crippen LogP contribution in [-0.4, -0.2) is 29.6 Å². The lowest BCUT2D eigenvalue weighted by Crippen LogP contribution is -2.33. The van der Waals surface area contributed by atoms with Crippen LogP contribution in [0.4, 0.5) is 0 Å². The highest BCUT2D eigenvalue weighted by molar-refractivity contribution is 4.84. The number of ether oxygens (including phenoxy) is 1. The standard InChI is InChI=1S/C10H20NO3/c1-5-6-8-9(13-8)7-11(12)14-10(2,3)4/h8-9H,5-7H2,1-4H3. The van der Waals surface area contributed by atoms with Gasteiger partial charge in [0.1, 0.15) is 6.10 Å². The third-order valence-corrected chi connectivity index (χ3v) is 1.97. The van der Waals surface area contributed by atoms with E-state index in [-0.39, 0.29) is 12.2 Å². The van der Waals surface area contributed by atoms with Crippen molar-refractivity contribution in [3.63, 3.8) is 0 Å². The normalized spacial score (nSPS) is 27.0. The van der Waals surface area contributed by atoms with Gasteiger partial charge in [-0.2, -0.15) is 0 Å². The van der Waals surface area contributed by atoms with Gasteiger partial charge in [0.05, 0.1) is 18.2 Å². The van der Waals surface area contributed by atoms with Gasteiger partial charge in [-0.3, -0.25) is 4.84 Å². The quantitative estimate of drug-likeness (QED) is 0.505. The minimum absolute atomic E-state index is 0.0785. The molecule has 0 amide bonds. The average molecular weight is 202 g/mol. The molecular weight excluding hydrogens is 182 g/mol. The molecule has 2 unspecified atom stereocenters. The molecule has 1 aliphatic rings. The van der Waals surface area contributed by atoms with E-state index in [1.807, 2.05) is 20.8 Å². The fourth-order valence-electron chi connectivity index (χ4n) is 1.37. The lowest BCUT2D eigenvalue weighted by molar-refractivity contribution is -0.410. The Balaban J connectivity index is 2.14. The van der Waals surface area contributed by atoms with Crippen LogP contribution in [0.5, 0.6) is 0 Å². The minimum atomic E-state index is -0.420. The van der Waals surface area contributed by atoms with Crippen LogP contribution in [0.25, 0.3) is 0 Å². The van der Waals surface area contributed by atoms with Crippen LogP contribution in [0.2, 0.25) is 0 Å². The molecular formula is C10H20NO3. The van der Waals surface area contributed by atoms with Crippen molar-refractivity contribution in [1.29, 1.82) is 0 Å². The largest absolute Gasteiger partial charge is 0.368 e. The summed E-state index contributed by atoms with van der Waals surface area (Å²) < 4.78 is 5.32. The van der Waals surface area contributed by atoms with E-state index in [1.54, 1.807) is 0 Å². The van der Waals surface area contributed by atoms with E-state index in [0.29, 0.717) is 11.8 Å². The molecule has 0 aromatic rings. The van der Waals surface area contributed by atoms with Crippen LogP contribution in [0.15, 0.2) is 0 Å². The highest BCUT2D eigenvalue weighted by atomic mass is 16.9. The van der Waals surface area contributed by atoms with Gasteiger partial charge in [0, 0.05) is 0 Å². The molecule has 1 heterocycles. The second-order valence-corrected chi connectivity index (χ2v) is 4.72. The summed E-state index contributed by atoms with van der Waals surface area (Å²) in [6.07, 6.45) is 2.49. The summed E-state index contributed by atoms with van der Waals surface area (Å²) in [4.78, 5) is 5.11. The molecule has 0 N–H and O–H groups in total. The number of hydrogen-bond acceptors (Lipinski definition) is 3. The smallest absolute Gasteiger partial charge is 0.102 e. The summed E-state index contributed by atoms with van der Waals surface area (Å²) in [7, 11) is 0. The van der Waals surface area contributed by atoms with Gasteiger partial charge in [0.15, 0.2) is 0 Å². The van der Waals surface area contributed by atoms with Crippen LogP contribution in [0, 0.1) is 0 Å². The summed E-state index contributed by atoms with van der Waals surface area (Å²) in [6, 6.07) is 0. The van der Waals surface area contributed by atoms with Crippen molar-refractivity contribution in [2.24, 2.45) is 0 Å². The highest BCUT2D eigenvalue weighted by Gasteiger charge is 2.40. The molecule has 0 aliphatic carbocycles. The zero-order valence-corrected chi connectivity index (χ0v) is 9.45. The first-order valence-electron chi connectivity index (χ1n) is 5.21. The van der Waals surface area contributed by atoms with Crippen LogP contribution >= 0.6 is 0 Å². The maximum atomic E-state index is 11.3. The fourth-order valence-corrected chi connectivity index (χ4v) is 1.37. The molecule has 4 nitrogen and oxygen atoms in total. The number of rotatable bonds is 5. The van der Waals surface area contributed by atoms with Crippen LogP contribution in [0.3, 0.4) is 0 Å². The topological polar surface area (TPSA) is 44.9 Å². The average Bonchev–Trinajstić information content (AvgIpc) is 2.63. The third-order valence-electron chi connectivity index (χ3n) is 1.97. The van der Waals surface area contributed by atoms with Crippen molar-refractivity contribution in [2.45, 2.75) is 58.3 Å². The van der Waals surface area contributed by atoms with Gasteiger partial charge in [-0.15, -0.1) is 0 Å². The van der Waals surface area contributed by atoms with E-state index in [9.17, 15) is 5.21 Å². The van der Waals surface area contributed by atoms with E-state index < -0.39 is 5.60 Å². The van der Waals surface area contributed by atoms with Gasteiger partial charge in [0.2, 0.25) is 0 Å². The maximum absolute atomic E-state index is 11.3. The number of epoxide rings is 1. The first-order valence-corrected chi connectivity index (χ1v) is 5.21. The molecule has 4 heteroatoms. The zero-order chi connectivity index (χ0) is 10.8. The summed E-state index contributed by atoms with van der Waals surface area (Å²) in [5, 5.41) is 11.9. The molecule has 1 fully saturated rings. The number of hydroxylamine groups is 2. The van der Waals surface area contributed by atoms with E-state index in [4.69, 9.17) is 9.57 Å². The zero-order valence-electron chi connectivity index (χ0n) is 9.45. The van der Waals surface area contributed by atoms with E-state index in [0.717, 1.165) is 12.8 Å². The molecule has 83 valence electrons. The Morgan fingerprint density at radius 2 is 2.00 bits per heavy atom. The van der Waals surface area contributed by atoms with Crippen LogP contribution < -0.4 is 0 Å². The summed E-state index contributed by atoms with van der Waals surface area (Å²) in [6.45, 7) is 8.00. The van der Waals surface area contributed by atoms with E-state index in [1.165, 1.54) is 0 Å². The Labute approximate surface area is 85.7 Å². The molecule has 14 heavy (non-hydrogen) atoms. The van der Waals surface area contributed by atoms with Gasteiger partial charge in [-0.05, 0) is 32.4 Å². The SMILES string of the molecule is CCCC1OC1CN([O])OC(C)(C)C. The Hall–Kier alpha value is -0.160. The Bertz CT molecular complexity index is 179. The van der Waals surface area contributed by atoms with Crippen molar-refractivity contribution in [1.82, 2.24) is 5.23 Å². The number of hydrogen-bond donors (Lipinski definition) is 0. The summed E-state index contributed by atoms with van der Waals surface area (Å²) in [5.41, 5.74) is -0.420. The van der Waals surface area contributed by atoms with Gasteiger partial charge in [0.25, 0.3) is 0 Å². The van der Waals surface area contributed by atoms with Crippen molar-refractivity contribution in [2.75, 3.05) is 6.54 Å². The Kier molecular flexibility index (Phi) is 3.89. The van der Waals surface area contributed by atoms with Gasteiger partial charge >= 0.3 is 0 Å². The predicted molar refractivity (Wildman–Crippen MR) is 51.8 cm³/mol. The van der Waals surface area contributed by atoms with Crippen molar-refractivity contribution in [3.8, 4) is 0 Å². The monoisotopic (exact) mass is 202 g/mol. The second-order valence-electron chi connectivity index (χ2n) is 4.72. The first-order chi connectivity index (χ1) is 6.42. The molecule has 1 radical (unpaired) electrons. The Morgan fingerprint density at radius 3 is 2.50 bits per heavy atom. The summed E-state index contributed by atoms with van der Waals surface area (Å²) in [5.74, 6) is 0. The van der Waals surface area contributed by atoms with E-state index >= 15 is 0 Å².